The minimum Gasteiger partial charge on any atom is -0.465 e. The van der Waals surface area contributed by atoms with Crippen molar-refractivity contribution in [3.8, 4) is 11.1 Å². The number of ether oxygens (including phenoxy) is 1. The maximum absolute atomic E-state index is 13.1. The van der Waals surface area contributed by atoms with Crippen molar-refractivity contribution < 1.29 is 13.9 Å². The van der Waals surface area contributed by atoms with E-state index in [1.165, 1.54) is 30.6 Å². The molecule has 0 N–H and O–H groups in total. The molecule has 94 valence electrons. The largest absolute Gasteiger partial charge is 0.465 e. The van der Waals surface area contributed by atoms with Gasteiger partial charge < -0.3 is 4.74 Å². The molecule has 0 unspecified atom stereocenters. The number of hydrogen-bond donors (Lipinski definition) is 0. The lowest BCUT2D eigenvalue weighted by molar-refractivity contribution is 0.0607. The number of methoxy groups -OCH3 is 1. The Labute approximate surface area is 109 Å². The van der Waals surface area contributed by atoms with E-state index in [0.717, 1.165) is 22.3 Å². The summed E-state index contributed by atoms with van der Waals surface area (Å²) in [4.78, 5) is 12.3. The Morgan fingerprint density at radius 3 is 2.61 bits per heavy atom. The van der Waals surface area contributed by atoms with Crippen molar-refractivity contribution in [3.63, 3.8) is 0 Å². The van der Waals surface area contributed by atoms with Gasteiger partial charge in [0.1, 0.15) is 10.7 Å². The standard InChI is InChI=1S/C14H13FO2S/c1-8-6-10(15)4-5-11(8)12-9(2)7-18-13(12)14(16)17-3/h4-7H,1-3H3. The van der Waals surface area contributed by atoms with Crippen LogP contribution >= 0.6 is 11.3 Å². The Bertz CT molecular complexity index is 602. The van der Waals surface area contributed by atoms with Gasteiger partial charge in [-0.15, -0.1) is 11.3 Å². The van der Waals surface area contributed by atoms with Crippen molar-refractivity contribution in [2.75, 3.05) is 7.11 Å². The first-order valence-corrected chi connectivity index (χ1v) is 6.35. The van der Waals surface area contributed by atoms with E-state index in [1.54, 1.807) is 6.07 Å². The second kappa shape index (κ2) is 4.90. The molecule has 0 aliphatic carbocycles. The van der Waals surface area contributed by atoms with E-state index in [0.29, 0.717) is 4.88 Å². The number of aryl methyl sites for hydroxylation is 2. The maximum Gasteiger partial charge on any atom is 0.348 e. The Kier molecular flexibility index (Phi) is 3.48. The van der Waals surface area contributed by atoms with Crippen LogP contribution in [0.4, 0.5) is 4.39 Å². The normalized spacial score (nSPS) is 10.4. The summed E-state index contributed by atoms with van der Waals surface area (Å²) in [5.74, 6) is -0.629. The molecule has 2 nitrogen and oxygen atoms in total. The van der Waals surface area contributed by atoms with Crippen LogP contribution in [0, 0.1) is 19.7 Å². The molecule has 0 aliphatic heterocycles. The molecule has 0 saturated carbocycles. The van der Waals surface area contributed by atoms with E-state index in [-0.39, 0.29) is 11.8 Å². The number of esters is 1. The Morgan fingerprint density at radius 2 is 2.00 bits per heavy atom. The summed E-state index contributed by atoms with van der Waals surface area (Å²) in [6.45, 7) is 3.76. The van der Waals surface area contributed by atoms with Gasteiger partial charge in [-0.2, -0.15) is 0 Å². The second-order valence-electron chi connectivity index (χ2n) is 4.07. The molecule has 2 rings (SSSR count). The van der Waals surface area contributed by atoms with E-state index in [9.17, 15) is 9.18 Å². The fraction of sp³-hybridized carbons (Fsp3) is 0.214. The van der Waals surface area contributed by atoms with Crippen LogP contribution in [-0.4, -0.2) is 13.1 Å². The summed E-state index contributed by atoms with van der Waals surface area (Å²) in [6, 6.07) is 4.57. The Hall–Kier alpha value is -1.68. The SMILES string of the molecule is COC(=O)c1scc(C)c1-c1ccc(F)cc1C. The number of halogens is 1. The zero-order chi connectivity index (χ0) is 13.3. The van der Waals surface area contributed by atoms with Crippen LogP contribution in [0.3, 0.4) is 0 Å². The van der Waals surface area contributed by atoms with Crippen LogP contribution in [0.1, 0.15) is 20.8 Å². The van der Waals surface area contributed by atoms with Crippen molar-refractivity contribution in [1.29, 1.82) is 0 Å². The number of benzene rings is 1. The molecular weight excluding hydrogens is 251 g/mol. The number of carbonyl (C=O) groups is 1. The van der Waals surface area contributed by atoms with E-state index in [1.807, 2.05) is 19.2 Å². The molecule has 0 bridgehead atoms. The predicted octanol–water partition coefficient (Wildman–Crippen LogP) is 3.96. The fourth-order valence-electron chi connectivity index (χ4n) is 1.93. The van der Waals surface area contributed by atoms with Gasteiger partial charge in [0.2, 0.25) is 0 Å². The van der Waals surface area contributed by atoms with Crippen LogP contribution in [0.25, 0.3) is 11.1 Å². The maximum atomic E-state index is 13.1. The Balaban J connectivity index is 2.63. The molecule has 0 saturated heterocycles. The minimum atomic E-state index is -0.355. The van der Waals surface area contributed by atoms with Crippen molar-refractivity contribution in [2.45, 2.75) is 13.8 Å². The van der Waals surface area contributed by atoms with Gasteiger partial charge in [-0.05, 0) is 48.1 Å². The molecular formula is C14H13FO2S. The lowest BCUT2D eigenvalue weighted by Gasteiger charge is -2.08. The average Bonchev–Trinajstić information content (AvgIpc) is 2.70. The second-order valence-corrected chi connectivity index (χ2v) is 4.95. The van der Waals surface area contributed by atoms with E-state index < -0.39 is 0 Å². The molecule has 0 fully saturated rings. The summed E-state index contributed by atoms with van der Waals surface area (Å²) in [5.41, 5.74) is 3.51. The topological polar surface area (TPSA) is 26.3 Å². The third-order valence-corrected chi connectivity index (χ3v) is 3.88. The summed E-state index contributed by atoms with van der Waals surface area (Å²) in [5, 5.41) is 1.91. The van der Waals surface area contributed by atoms with Crippen LogP contribution in [0.2, 0.25) is 0 Å². The van der Waals surface area contributed by atoms with Gasteiger partial charge in [-0.25, -0.2) is 9.18 Å². The highest BCUT2D eigenvalue weighted by molar-refractivity contribution is 7.12. The highest BCUT2D eigenvalue weighted by Gasteiger charge is 2.19. The van der Waals surface area contributed by atoms with Gasteiger partial charge >= 0.3 is 5.97 Å². The smallest absolute Gasteiger partial charge is 0.348 e. The lowest BCUT2D eigenvalue weighted by atomic mass is 9.98. The number of rotatable bonds is 2. The first kappa shape index (κ1) is 12.8. The van der Waals surface area contributed by atoms with Crippen LogP contribution in [0.15, 0.2) is 23.6 Å². The number of thiophene rings is 1. The van der Waals surface area contributed by atoms with E-state index in [4.69, 9.17) is 4.74 Å². The van der Waals surface area contributed by atoms with Gasteiger partial charge in [0.05, 0.1) is 7.11 Å². The third-order valence-electron chi connectivity index (χ3n) is 2.80. The molecule has 4 heteroatoms. The highest BCUT2D eigenvalue weighted by atomic mass is 32.1. The molecule has 18 heavy (non-hydrogen) atoms. The highest BCUT2D eigenvalue weighted by Crippen LogP contribution is 2.35. The summed E-state index contributed by atoms with van der Waals surface area (Å²) < 4.78 is 17.9. The molecule has 1 aromatic heterocycles. The zero-order valence-corrected chi connectivity index (χ0v) is 11.2. The molecule has 1 aromatic carbocycles. The monoisotopic (exact) mass is 264 g/mol. The van der Waals surface area contributed by atoms with Crippen molar-refractivity contribution in [1.82, 2.24) is 0 Å². The van der Waals surface area contributed by atoms with Crippen molar-refractivity contribution in [2.24, 2.45) is 0 Å². The molecule has 0 amide bonds. The van der Waals surface area contributed by atoms with Gasteiger partial charge in [0.15, 0.2) is 0 Å². The van der Waals surface area contributed by atoms with E-state index >= 15 is 0 Å². The first-order chi connectivity index (χ1) is 8.54. The molecule has 0 spiro atoms. The molecule has 0 radical (unpaired) electrons. The Morgan fingerprint density at radius 1 is 1.28 bits per heavy atom. The molecule has 2 aromatic rings. The van der Waals surface area contributed by atoms with Gasteiger partial charge in [0.25, 0.3) is 0 Å². The average molecular weight is 264 g/mol. The predicted molar refractivity (Wildman–Crippen MR) is 70.5 cm³/mol. The lowest BCUT2D eigenvalue weighted by Crippen LogP contribution is -2.01. The number of carbonyl (C=O) groups excluding carboxylic acids is 1. The molecule has 1 heterocycles. The first-order valence-electron chi connectivity index (χ1n) is 5.47. The van der Waals surface area contributed by atoms with Gasteiger partial charge in [-0.3, -0.25) is 0 Å². The van der Waals surface area contributed by atoms with Crippen LogP contribution < -0.4 is 0 Å². The quantitative estimate of drug-likeness (QED) is 0.767. The minimum absolute atomic E-state index is 0.274. The summed E-state index contributed by atoms with van der Waals surface area (Å²) >= 11 is 1.35. The van der Waals surface area contributed by atoms with Crippen molar-refractivity contribution in [3.05, 3.63) is 45.4 Å². The van der Waals surface area contributed by atoms with Crippen LogP contribution in [-0.2, 0) is 4.74 Å². The third kappa shape index (κ3) is 2.16. The van der Waals surface area contributed by atoms with E-state index in [2.05, 4.69) is 0 Å². The summed E-state index contributed by atoms with van der Waals surface area (Å²) in [6.07, 6.45) is 0. The molecule has 0 aliphatic rings. The molecule has 0 atom stereocenters. The number of hydrogen-bond acceptors (Lipinski definition) is 3. The van der Waals surface area contributed by atoms with Gasteiger partial charge in [0, 0.05) is 5.56 Å². The van der Waals surface area contributed by atoms with Crippen molar-refractivity contribution >= 4 is 17.3 Å². The zero-order valence-electron chi connectivity index (χ0n) is 10.4. The van der Waals surface area contributed by atoms with Gasteiger partial charge in [-0.1, -0.05) is 6.07 Å². The van der Waals surface area contributed by atoms with Crippen LogP contribution in [0.5, 0.6) is 0 Å². The fourth-order valence-corrected chi connectivity index (χ4v) is 2.91. The summed E-state index contributed by atoms with van der Waals surface area (Å²) in [7, 11) is 1.36.